The van der Waals surface area contributed by atoms with Crippen molar-refractivity contribution in [3.8, 4) is 5.75 Å². The summed E-state index contributed by atoms with van der Waals surface area (Å²) < 4.78 is 5.33. The molecule has 2 N–H and O–H groups in total. The van der Waals surface area contributed by atoms with Crippen molar-refractivity contribution < 1.29 is 4.74 Å². The van der Waals surface area contributed by atoms with E-state index in [0.717, 1.165) is 16.9 Å². The fourth-order valence-electron chi connectivity index (χ4n) is 1.99. The molecule has 4 nitrogen and oxygen atoms in total. The smallest absolute Gasteiger partial charge is 0.135 e. The highest BCUT2D eigenvalue weighted by Crippen LogP contribution is 2.24. The van der Waals surface area contributed by atoms with Crippen molar-refractivity contribution in [2.24, 2.45) is 0 Å². The Hall–Kier alpha value is -2.36. The molecule has 0 fully saturated rings. The van der Waals surface area contributed by atoms with Gasteiger partial charge in [-0.15, -0.1) is 0 Å². The summed E-state index contributed by atoms with van der Waals surface area (Å²) in [4.78, 5) is 4.33. The van der Waals surface area contributed by atoms with Crippen molar-refractivity contribution in [1.29, 1.82) is 5.41 Å². The van der Waals surface area contributed by atoms with Crippen LogP contribution in [0.5, 0.6) is 5.75 Å². The molecule has 0 amide bonds. The summed E-state index contributed by atoms with van der Waals surface area (Å²) >= 11 is 0. The van der Waals surface area contributed by atoms with Crippen LogP contribution in [0.25, 0.3) is 0 Å². The number of aromatic nitrogens is 1. The Morgan fingerprint density at radius 3 is 2.55 bits per heavy atom. The summed E-state index contributed by atoms with van der Waals surface area (Å²) in [7, 11) is 1.61. The first kappa shape index (κ1) is 14.1. The van der Waals surface area contributed by atoms with Crippen molar-refractivity contribution in [2.45, 2.75) is 19.9 Å². The molecule has 0 aliphatic heterocycles. The Morgan fingerprint density at radius 1 is 1.15 bits per heavy atom. The summed E-state index contributed by atoms with van der Waals surface area (Å²) in [5.74, 6) is 1.41. The highest BCUT2D eigenvalue weighted by Gasteiger charge is 2.14. The van der Waals surface area contributed by atoms with Gasteiger partial charge in [0.2, 0.25) is 0 Å². The molecule has 0 unspecified atom stereocenters. The molecule has 0 spiro atoms. The normalized spacial score (nSPS) is 10.4. The lowest BCUT2D eigenvalue weighted by molar-refractivity contribution is 0.414. The van der Waals surface area contributed by atoms with Gasteiger partial charge in [-0.05, 0) is 38.1 Å². The molecule has 1 aromatic carbocycles. The first-order valence-corrected chi connectivity index (χ1v) is 6.57. The number of methoxy groups -OCH3 is 1. The first-order chi connectivity index (χ1) is 9.63. The molecule has 2 rings (SSSR count). The zero-order valence-corrected chi connectivity index (χ0v) is 12.0. The van der Waals surface area contributed by atoms with E-state index in [1.807, 2.05) is 50.2 Å². The highest BCUT2D eigenvalue weighted by atomic mass is 16.5. The monoisotopic (exact) mass is 269 g/mol. The second kappa shape index (κ2) is 6.19. The fourth-order valence-corrected chi connectivity index (χ4v) is 1.99. The molecule has 0 aliphatic rings. The predicted octanol–water partition coefficient (Wildman–Crippen LogP) is 3.33. The van der Waals surface area contributed by atoms with Crippen LogP contribution in [0.1, 0.15) is 25.0 Å². The molecule has 104 valence electrons. The van der Waals surface area contributed by atoms with E-state index in [2.05, 4.69) is 10.3 Å². The maximum absolute atomic E-state index is 8.44. The molecule has 0 aliphatic carbocycles. The summed E-state index contributed by atoms with van der Waals surface area (Å²) in [6.45, 7) is 4.09. The third-order valence-electron chi connectivity index (χ3n) is 2.88. The van der Waals surface area contributed by atoms with Crippen LogP contribution in [-0.2, 0) is 0 Å². The number of rotatable bonds is 5. The zero-order chi connectivity index (χ0) is 14.5. The van der Waals surface area contributed by atoms with Crippen LogP contribution < -0.4 is 10.1 Å². The van der Waals surface area contributed by atoms with E-state index >= 15 is 0 Å². The molecule has 1 heterocycles. The minimum absolute atomic E-state index is 0.258. The maximum Gasteiger partial charge on any atom is 0.135 e. The lowest BCUT2D eigenvalue weighted by Gasteiger charge is -2.15. The molecule has 4 heteroatoms. The van der Waals surface area contributed by atoms with Crippen LogP contribution in [0.2, 0.25) is 0 Å². The average Bonchev–Trinajstić information content (AvgIpc) is 2.46. The van der Waals surface area contributed by atoms with Crippen LogP contribution in [0, 0.1) is 5.41 Å². The highest BCUT2D eigenvalue weighted by molar-refractivity contribution is 6.15. The lowest BCUT2D eigenvalue weighted by Crippen LogP contribution is -2.15. The van der Waals surface area contributed by atoms with Gasteiger partial charge in [0, 0.05) is 23.4 Å². The molecule has 2 aromatic rings. The second-order valence-corrected chi connectivity index (χ2v) is 4.77. The number of hydrogen-bond donors (Lipinski definition) is 2. The Morgan fingerprint density at radius 2 is 1.85 bits per heavy atom. The van der Waals surface area contributed by atoms with Crippen molar-refractivity contribution in [3.05, 3.63) is 53.7 Å². The molecule has 0 radical (unpaired) electrons. The Labute approximate surface area is 119 Å². The molecule has 0 atom stereocenters. The van der Waals surface area contributed by atoms with Crippen molar-refractivity contribution in [3.63, 3.8) is 0 Å². The minimum atomic E-state index is 0.258. The lowest BCUT2D eigenvalue weighted by atomic mass is 10.0. The number of para-hydroxylation sites is 1. The fraction of sp³-hybridized carbons (Fsp3) is 0.250. The number of anilines is 1. The quantitative estimate of drug-likeness (QED) is 0.819. The van der Waals surface area contributed by atoms with E-state index in [1.165, 1.54) is 0 Å². The van der Waals surface area contributed by atoms with Crippen molar-refractivity contribution >= 4 is 11.5 Å². The van der Waals surface area contributed by atoms with Gasteiger partial charge in [0.15, 0.2) is 0 Å². The van der Waals surface area contributed by atoms with Crippen LogP contribution in [0.15, 0.2) is 42.6 Å². The standard InChI is InChI=1S/C16H19N3O/c1-11(2)19-16-13(8-6-10-18-16)15(17)12-7-4-5-9-14(12)20-3/h4-11,17H,1-3H3,(H,18,19). The number of ether oxygens (including phenoxy) is 1. The van der Waals surface area contributed by atoms with Gasteiger partial charge >= 0.3 is 0 Å². The van der Waals surface area contributed by atoms with Gasteiger partial charge < -0.3 is 10.1 Å². The van der Waals surface area contributed by atoms with E-state index in [1.54, 1.807) is 13.3 Å². The predicted molar refractivity (Wildman–Crippen MR) is 81.9 cm³/mol. The second-order valence-electron chi connectivity index (χ2n) is 4.77. The largest absolute Gasteiger partial charge is 0.496 e. The summed E-state index contributed by atoms with van der Waals surface area (Å²) in [6.07, 6.45) is 1.73. The van der Waals surface area contributed by atoms with E-state index in [0.29, 0.717) is 11.5 Å². The summed E-state index contributed by atoms with van der Waals surface area (Å²) in [5.41, 5.74) is 1.93. The molecule has 0 saturated heterocycles. The van der Waals surface area contributed by atoms with Crippen LogP contribution in [-0.4, -0.2) is 23.8 Å². The third kappa shape index (κ3) is 2.96. The topological polar surface area (TPSA) is 58.0 Å². The number of nitrogens with one attached hydrogen (secondary N) is 2. The minimum Gasteiger partial charge on any atom is -0.496 e. The van der Waals surface area contributed by atoms with Crippen LogP contribution >= 0.6 is 0 Å². The Kier molecular flexibility index (Phi) is 4.35. The van der Waals surface area contributed by atoms with Gasteiger partial charge in [-0.2, -0.15) is 0 Å². The van der Waals surface area contributed by atoms with E-state index in [-0.39, 0.29) is 6.04 Å². The van der Waals surface area contributed by atoms with E-state index < -0.39 is 0 Å². The van der Waals surface area contributed by atoms with Gasteiger partial charge in [-0.1, -0.05) is 12.1 Å². The van der Waals surface area contributed by atoms with Crippen molar-refractivity contribution in [2.75, 3.05) is 12.4 Å². The SMILES string of the molecule is COc1ccccc1C(=N)c1cccnc1NC(C)C. The van der Waals surface area contributed by atoms with Gasteiger partial charge in [-0.25, -0.2) is 4.98 Å². The molecular formula is C16H19N3O. The Bertz CT molecular complexity index is 608. The number of hydrogen-bond acceptors (Lipinski definition) is 4. The van der Waals surface area contributed by atoms with Gasteiger partial charge in [-0.3, -0.25) is 5.41 Å². The van der Waals surface area contributed by atoms with Crippen LogP contribution in [0.3, 0.4) is 0 Å². The van der Waals surface area contributed by atoms with E-state index in [9.17, 15) is 0 Å². The first-order valence-electron chi connectivity index (χ1n) is 6.57. The molecule has 20 heavy (non-hydrogen) atoms. The maximum atomic E-state index is 8.44. The number of nitrogens with zero attached hydrogens (tertiary/aromatic N) is 1. The van der Waals surface area contributed by atoms with Gasteiger partial charge in [0.05, 0.1) is 12.8 Å². The summed E-state index contributed by atoms with van der Waals surface area (Å²) in [6, 6.07) is 11.5. The number of benzene rings is 1. The number of pyridine rings is 1. The van der Waals surface area contributed by atoms with Crippen LogP contribution in [0.4, 0.5) is 5.82 Å². The van der Waals surface area contributed by atoms with E-state index in [4.69, 9.17) is 10.1 Å². The summed E-state index contributed by atoms with van der Waals surface area (Å²) in [5, 5.41) is 11.7. The van der Waals surface area contributed by atoms with Gasteiger partial charge in [0.1, 0.15) is 11.6 Å². The third-order valence-corrected chi connectivity index (χ3v) is 2.88. The molecular weight excluding hydrogens is 250 g/mol. The molecule has 0 bridgehead atoms. The van der Waals surface area contributed by atoms with Crippen molar-refractivity contribution in [1.82, 2.24) is 4.98 Å². The van der Waals surface area contributed by atoms with Gasteiger partial charge in [0.25, 0.3) is 0 Å². The zero-order valence-electron chi connectivity index (χ0n) is 12.0. The Balaban J connectivity index is 2.43. The average molecular weight is 269 g/mol. The molecule has 0 saturated carbocycles. The molecule has 1 aromatic heterocycles.